The zero-order valence-electron chi connectivity index (χ0n) is 12.1. The molecule has 0 spiro atoms. The minimum Gasteiger partial charge on any atom is -0.319 e. The van der Waals surface area contributed by atoms with E-state index >= 15 is 0 Å². The third kappa shape index (κ3) is 4.58. The first kappa shape index (κ1) is 15.5. The predicted molar refractivity (Wildman–Crippen MR) is 82.6 cm³/mol. The first-order valence-electron chi connectivity index (χ1n) is 7.25. The first-order chi connectivity index (χ1) is 9.61. The van der Waals surface area contributed by atoms with E-state index in [1.807, 2.05) is 7.05 Å². The van der Waals surface area contributed by atoms with Gasteiger partial charge in [0.25, 0.3) is 0 Å². The van der Waals surface area contributed by atoms with Crippen LogP contribution in [0.3, 0.4) is 0 Å². The monoisotopic (exact) mass is 296 g/mol. The zero-order chi connectivity index (χ0) is 14.4. The van der Waals surface area contributed by atoms with E-state index in [1.54, 1.807) is 0 Å². The number of hydrogen-bond donors (Lipinski definition) is 1. The van der Waals surface area contributed by atoms with Gasteiger partial charge in [-0.1, -0.05) is 24.3 Å². The summed E-state index contributed by atoms with van der Waals surface area (Å²) in [5.74, 6) is 0.635. The first-order valence-corrected chi connectivity index (χ1v) is 9.07. The van der Waals surface area contributed by atoms with Crippen molar-refractivity contribution in [1.82, 2.24) is 10.2 Å². The Morgan fingerprint density at radius 3 is 2.65 bits per heavy atom. The largest absolute Gasteiger partial charge is 0.319 e. The molecule has 0 unspecified atom stereocenters. The van der Waals surface area contributed by atoms with Crippen LogP contribution in [0.5, 0.6) is 0 Å². The molecule has 1 aliphatic rings. The number of nitrogens with zero attached hydrogens (tertiary/aromatic N) is 1. The van der Waals surface area contributed by atoms with E-state index in [0.29, 0.717) is 18.1 Å². The standard InChI is InChI=1S/C15H24N2O2S/c1-16-8-7-14-5-2-3-6-15(14)13-17-9-4-11-20(18,19)12-10-17/h2-3,5-6,16H,4,7-13H2,1H3. The highest BCUT2D eigenvalue weighted by atomic mass is 32.2. The Morgan fingerprint density at radius 1 is 1.15 bits per heavy atom. The summed E-state index contributed by atoms with van der Waals surface area (Å²) in [6.07, 6.45) is 1.76. The summed E-state index contributed by atoms with van der Waals surface area (Å²) in [5.41, 5.74) is 2.68. The van der Waals surface area contributed by atoms with Crippen LogP contribution in [-0.4, -0.2) is 51.5 Å². The Kier molecular flexibility index (Phi) is 5.57. The van der Waals surface area contributed by atoms with Crippen molar-refractivity contribution < 1.29 is 8.42 Å². The van der Waals surface area contributed by atoms with Gasteiger partial charge in [0.15, 0.2) is 9.84 Å². The van der Waals surface area contributed by atoms with Crippen molar-refractivity contribution in [2.24, 2.45) is 0 Å². The number of likely N-dealkylation sites (N-methyl/N-ethyl adjacent to an activating group) is 1. The van der Waals surface area contributed by atoms with E-state index in [4.69, 9.17) is 0 Å². The smallest absolute Gasteiger partial charge is 0.151 e. The van der Waals surface area contributed by atoms with Crippen LogP contribution >= 0.6 is 0 Å². The summed E-state index contributed by atoms with van der Waals surface area (Å²) in [6, 6.07) is 8.46. The average molecular weight is 296 g/mol. The van der Waals surface area contributed by atoms with Crippen molar-refractivity contribution >= 4 is 9.84 Å². The Bertz CT molecular complexity index is 528. The molecule has 2 rings (SSSR count). The van der Waals surface area contributed by atoms with Crippen LogP contribution in [0.2, 0.25) is 0 Å². The molecule has 0 atom stereocenters. The molecule has 0 aliphatic carbocycles. The number of sulfone groups is 1. The van der Waals surface area contributed by atoms with Crippen molar-refractivity contribution in [3.8, 4) is 0 Å². The molecule has 1 aromatic carbocycles. The lowest BCUT2D eigenvalue weighted by Gasteiger charge is -2.21. The van der Waals surface area contributed by atoms with Crippen molar-refractivity contribution in [2.75, 3.05) is 38.2 Å². The second kappa shape index (κ2) is 7.20. The summed E-state index contributed by atoms with van der Waals surface area (Å²) in [6.45, 7) is 3.35. The van der Waals surface area contributed by atoms with Crippen LogP contribution in [0.1, 0.15) is 17.5 Å². The van der Waals surface area contributed by atoms with Gasteiger partial charge < -0.3 is 5.32 Å². The van der Waals surface area contributed by atoms with Crippen LogP contribution in [0, 0.1) is 0 Å². The van der Waals surface area contributed by atoms with E-state index in [-0.39, 0.29) is 0 Å². The highest BCUT2D eigenvalue weighted by molar-refractivity contribution is 7.91. The van der Waals surface area contributed by atoms with Crippen molar-refractivity contribution in [2.45, 2.75) is 19.4 Å². The number of rotatable bonds is 5. The number of hydrogen-bond acceptors (Lipinski definition) is 4. The lowest BCUT2D eigenvalue weighted by molar-refractivity contribution is 0.286. The van der Waals surface area contributed by atoms with Crippen LogP contribution in [0.25, 0.3) is 0 Å². The third-order valence-corrected chi connectivity index (χ3v) is 5.52. The second-order valence-corrected chi connectivity index (χ2v) is 7.71. The minimum absolute atomic E-state index is 0.297. The SMILES string of the molecule is CNCCc1ccccc1CN1CCCS(=O)(=O)CC1. The fourth-order valence-corrected chi connectivity index (χ4v) is 3.91. The number of nitrogens with one attached hydrogen (secondary N) is 1. The fraction of sp³-hybridized carbons (Fsp3) is 0.600. The summed E-state index contributed by atoms with van der Waals surface area (Å²) >= 11 is 0. The normalized spacial score (nSPS) is 19.6. The molecular weight excluding hydrogens is 272 g/mol. The minimum atomic E-state index is -2.82. The summed E-state index contributed by atoms with van der Waals surface area (Å²) in [4.78, 5) is 2.27. The van der Waals surface area contributed by atoms with Crippen LogP contribution in [-0.2, 0) is 22.8 Å². The molecule has 0 saturated carbocycles. The molecule has 20 heavy (non-hydrogen) atoms. The molecule has 4 nitrogen and oxygen atoms in total. The van der Waals surface area contributed by atoms with Gasteiger partial charge in [-0.2, -0.15) is 0 Å². The van der Waals surface area contributed by atoms with Gasteiger partial charge in [0.05, 0.1) is 11.5 Å². The van der Waals surface area contributed by atoms with Gasteiger partial charge in [0.1, 0.15) is 0 Å². The van der Waals surface area contributed by atoms with Gasteiger partial charge in [-0.25, -0.2) is 8.42 Å². The zero-order valence-corrected chi connectivity index (χ0v) is 13.0. The quantitative estimate of drug-likeness (QED) is 0.883. The maximum absolute atomic E-state index is 11.6. The van der Waals surface area contributed by atoms with Gasteiger partial charge in [-0.05, 0) is 44.1 Å². The molecule has 5 heteroatoms. The Balaban J connectivity index is 2.02. The van der Waals surface area contributed by atoms with Crippen LogP contribution in [0.15, 0.2) is 24.3 Å². The van der Waals surface area contributed by atoms with Crippen molar-refractivity contribution in [3.63, 3.8) is 0 Å². The molecule has 1 aliphatic heterocycles. The molecule has 0 amide bonds. The van der Waals surface area contributed by atoms with Gasteiger partial charge in [-0.15, -0.1) is 0 Å². The van der Waals surface area contributed by atoms with E-state index < -0.39 is 9.84 Å². The Labute approximate surface area is 122 Å². The molecule has 0 aromatic heterocycles. The highest BCUT2D eigenvalue weighted by Gasteiger charge is 2.19. The molecule has 0 bridgehead atoms. The van der Waals surface area contributed by atoms with Crippen molar-refractivity contribution in [1.29, 1.82) is 0 Å². The third-order valence-electron chi connectivity index (χ3n) is 3.80. The molecule has 1 fully saturated rings. The van der Waals surface area contributed by atoms with Crippen molar-refractivity contribution in [3.05, 3.63) is 35.4 Å². The molecular formula is C15H24N2O2S. The topological polar surface area (TPSA) is 49.4 Å². The van der Waals surface area contributed by atoms with Gasteiger partial charge in [0, 0.05) is 13.1 Å². The summed E-state index contributed by atoms with van der Waals surface area (Å²) in [7, 11) is -0.860. The average Bonchev–Trinajstić information content (AvgIpc) is 2.59. The molecule has 0 radical (unpaired) electrons. The lowest BCUT2D eigenvalue weighted by Crippen LogP contribution is -2.27. The summed E-state index contributed by atoms with van der Waals surface area (Å²) < 4.78 is 23.3. The van der Waals surface area contributed by atoms with Gasteiger partial charge in [0.2, 0.25) is 0 Å². The van der Waals surface area contributed by atoms with Crippen LogP contribution in [0.4, 0.5) is 0 Å². The van der Waals surface area contributed by atoms with E-state index in [1.165, 1.54) is 11.1 Å². The maximum atomic E-state index is 11.6. The lowest BCUT2D eigenvalue weighted by atomic mass is 10.0. The fourth-order valence-electron chi connectivity index (χ4n) is 2.60. The second-order valence-electron chi connectivity index (χ2n) is 5.40. The Morgan fingerprint density at radius 2 is 1.90 bits per heavy atom. The highest BCUT2D eigenvalue weighted by Crippen LogP contribution is 2.14. The maximum Gasteiger partial charge on any atom is 0.151 e. The molecule has 1 N–H and O–H groups in total. The van der Waals surface area contributed by atoms with Crippen LogP contribution < -0.4 is 5.32 Å². The predicted octanol–water partition coefficient (Wildman–Crippen LogP) is 1.07. The summed E-state index contributed by atoms with van der Waals surface area (Å²) in [5, 5.41) is 3.17. The van der Waals surface area contributed by atoms with E-state index in [2.05, 4.69) is 34.5 Å². The van der Waals surface area contributed by atoms with E-state index in [9.17, 15) is 8.42 Å². The molecule has 1 heterocycles. The molecule has 112 valence electrons. The Hall–Kier alpha value is -0.910. The molecule has 1 aromatic rings. The van der Waals surface area contributed by atoms with Gasteiger partial charge >= 0.3 is 0 Å². The van der Waals surface area contributed by atoms with Gasteiger partial charge in [-0.3, -0.25) is 4.90 Å². The molecule has 1 saturated heterocycles. The van der Waals surface area contributed by atoms with E-state index in [0.717, 1.165) is 32.5 Å². The number of benzene rings is 1.